The zero-order valence-electron chi connectivity index (χ0n) is 10.1. The Hall–Kier alpha value is -1.92. The molecule has 96 valence electrons. The Kier molecular flexibility index (Phi) is 3.91. The fourth-order valence-electron chi connectivity index (χ4n) is 1.62. The Morgan fingerprint density at radius 3 is 3.00 bits per heavy atom. The third-order valence-corrected chi connectivity index (χ3v) is 2.54. The van der Waals surface area contributed by atoms with Crippen LogP contribution in [-0.2, 0) is 17.8 Å². The van der Waals surface area contributed by atoms with E-state index in [0.29, 0.717) is 24.6 Å². The SMILES string of the molecule is COCCn1nccc1C(=O)c1ccc(CN)o1. The normalized spacial score (nSPS) is 10.8. The average Bonchev–Trinajstić information content (AvgIpc) is 3.04. The molecule has 18 heavy (non-hydrogen) atoms. The number of furan rings is 1. The Morgan fingerprint density at radius 1 is 1.50 bits per heavy atom. The number of ketones is 1. The van der Waals surface area contributed by atoms with Crippen molar-refractivity contribution >= 4 is 5.78 Å². The summed E-state index contributed by atoms with van der Waals surface area (Å²) < 4.78 is 11.9. The first-order valence-corrected chi connectivity index (χ1v) is 5.60. The van der Waals surface area contributed by atoms with Crippen LogP contribution in [0.4, 0.5) is 0 Å². The molecule has 2 aromatic rings. The summed E-state index contributed by atoms with van der Waals surface area (Å²) in [6.45, 7) is 1.29. The van der Waals surface area contributed by atoms with Gasteiger partial charge in [-0.3, -0.25) is 9.48 Å². The third-order valence-electron chi connectivity index (χ3n) is 2.54. The van der Waals surface area contributed by atoms with Crippen molar-refractivity contribution in [2.45, 2.75) is 13.1 Å². The summed E-state index contributed by atoms with van der Waals surface area (Å²) in [5.74, 6) is 0.652. The lowest BCUT2D eigenvalue weighted by Gasteiger charge is -2.04. The Morgan fingerprint density at radius 2 is 2.33 bits per heavy atom. The topological polar surface area (TPSA) is 83.3 Å². The predicted octanol–water partition coefficient (Wildman–Crippen LogP) is 0.812. The minimum Gasteiger partial charge on any atom is -0.456 e. The second-order valence-corrected chi connectivity index (χ2v) is 3.73. The lowest BCUT2D eigenvalue weighted by molar-refractivity contribution is 0.0993. The van der Waals surface area contributed by atoms with Gasteiger partial charge < -0.3 is 14.9 Å². The minimum atomic E-state index is -0.205. The number of aromatic nitrogens is 2. The number of methoxy groups -OCH3 is 1. The number of hydrogen-bond donors (Lipinski definition) is 1. The highest BCUT2D eigenvalue weighted by Gasteiger charge is 2.17. The number of ether oxygens (including phenoxy) is 1. The van der Waals surface area contributed by atoms with E-state index in [-0.39, 0.29) is 18.1 Å². The molecular formula is C12H15N3O3. The molecule has 2 aromatic heterocycles. The van der Waals surface area contributed by atoms with Gasteiger partial charge in [0, 0.05) is 13.3 Å². The summed E-state index contributed by atoms with van der Waals surface area (Å²) in [5.41, 5.74) is 5.92. The molecule has 2 rings (SSSR count). The molecule has 0 aromatic carbocycles. The van der Waals surface area contributed by atoms with Crippen LogP contribution in [0, 0.1) is 0 Å². The van der Waals surface area contributed by atoms with Crippen molar-refractivity contribution in [1.29, 1.82) is 0 Å². The van der Waals surface area contributed by atoms with Crippen molar-refractivity contribution in [1.82, 2.24) is 9.78 Å². The zero-order valence-corrected chi connectivity index (χ0v) is 10.1. The molecule has 0 aliphatic carbocycles. The molecule has 6 nitrogen and oxygen atoms in total. The van der Waals surface area contributed by atoms with Crippen molar-refractivity contribution in [3.05, 3.63) is 41.6 Å². The summed E-state index contributed by atoms with van der Waals surface area (Å²) in [7, 11) is 1.60. The zero-order chi connectivity index (χ0) is 13.0. The second kappa shape index (κ2) is 5.61. The van der Waals surface area contributed by atoms with Gasteiger partial charge in [0.05, 0.1) is 19.7 Å². The summed E-state index contributed by atoms with van der Waals surface area (Å²) in [6, 6.07) is 4.98. The largest absolute Gasteiger partial charge is 0.456 e. The van der Waals surface area contributed by atoms with Gasteiger partial charge >= 0.3 is 0 Å². The number of nitrogens with two attached hydrogens (primary N) is 1. The van der Waals surface area contributed by atoms with E-state index in [2.05, 4.69) is 5.10 Å². The maximum atomic E-state index is 12.2. The molecular weight excluding hydrogens is 234 g/mol. The molecule has 0 aliphatic rings. The summed E-state index contributed by atoms with van der Waals surface area (Å²) in [4.78, 5) is 12.2. The van der Waals surface area contributed by atoms with Gasteiger partial charge in [-0.25, -0.2) is 0 Å². The third kappa shape index (κ3) is 2.49. The Bertz CT molecular complexity index is 530. The molecule has 0 aliphatic heterocycles. The summed E-state index contributed by atoms with van der Waals surface area (Å²) in [5, 5.41) is 4.08. The van der Waals surface area contributed by atoms with Crippen molar-refractivity contribution in [2.75, 3.05) is 13.7 Å². The maximum Gasteiger partial charge on any atom is 0.246 e. The molecule has 0 saturated heterocycles. The van der Waals surface area contributed by atoms with E-state index in [1.807, 2.05) is 0 Å². The molecule has 0 unspecified atom stereocenters. The lowest BCUT2D eigenvalue weighted by atomic mass is 10.2. The molecule has 2 heterocycles. The van der Waals surface area contributed by atoms with Crippen molar-refractivity contribution < 1.29 is 13.9 Å². The molecule has 2 N–H and O–H groups in total. The minimum absolute atomic E-state index is 0.205. The number of nitrogens with zero attached hydrogens (tertiary/aromatic N) is 2. The van der Waals surface area contributed by atoms with E-state index in [1.165, 1.54) is 0 Å². The molecule has 0 atom stereocenters. The summed E-state index contributed by atoms with van der Waals surface area (Å²) >= 11 is 0. The van der Waals surface area contributed by atoms with E-state index in [1.54, 1.807) is 36.2 Å². The van der Waals surface area contributed by atoms with Gasteiger partial charge in [0.15, 0.2) is 5.76 Å². The molecule has 0 saturated carbocycles. The van der Waals surface area contributed by atoms with Crippen LogP contribution in [0.1, 0.15) is 22.0 Å². The van der Waals surface area contributed by atoms with E-state index < -0.39 is 0 Å². The molecule has 0 spiro atoms. The Balaban J connectivity index is 2.20. The van der Waals surface area contributed by atoms with Gasteiger partial charge in [-0.05, 0) is 18.2 Å². The van der Waals surface area contributed by atoms with Crippen LogP contribution < -0.4 is 5.73 Å². The highest BCUT2D eigenvalue weighted by atomic mass is 16.5. The highest BCUT2D eigenvalue weighted by molar-refractivity contribution is 6.05. The average molecular weight is 249 g/mol. The monoisotopic (exact) mass is 249 g/mol. The van der Waals surface area contributed by atoms with Crippen molar-refractivity contribution in [2.24, 2.45) is 5.73 Å². The van der Waals surface area contributed by atoms with Crippen LogP contribution in [0.15, 0.2) is 28.8 Å². The molecule has 0 bridgehead atoms. The quantitative estimate of drug-likeness (QED) is 0.766. The van der Waals surface area contributed by atoms with E-state index in [0.717, 1.165) is 0 Å². The van der Waals surface area contributed by atoms with Crippen LogP contribution in [0.3, 0.4) is 0 Å². The lowest BCUT2D eigenvalue weighted by Crippen LogP contribution is -2.13. The van der Waals surface area contributed by atoms with Gasteiger partial charge in [0.1, 0.15) is 11.5 Å². The first-order valence-electron chi connectivity index (χ1n) is 5.60. The fourth-order valence-corrected chi connectivity index (χ4v) is 1.62. The van der Waals surface area contributed by atoms with Crippen LogP contribution in [-0.4, -0.2) is 29.3 Å². The van der Waals surface area contributed by atoms with E-state index in [9.17, 15) is 4.79 Å². The number of rotatable bonds is 6. The van der Waals surface area contributed by atoms with Crippen LogP contribution in [0.5, 0.6) is 0 Å². The highest BCUT2D eigenvalue weighted by Crippen LogP contribution is 2.13. The number of carbonyl (C=O) groups is 1. The number of hydrogen-bond acceptors (Lipinski definition) is 5. The van der Waals surface area contributed by atoms with Gasteiger partial charge in [-0.15, -0.1) is 0 Å². The summed E-state index contributed by atoms with van der Waals surface area (Å²) in [6.07, 6.45) is 1.58. The molecule has 0 amide bonds. The van der Waals surface area contributed by atoms with Crippen molar-refractivity contribution in [3.63, 3.8) is 0 Å². The van der Waals surface area contributed by atoms with Crippen LogP contribution in [0.2, 0.25) is 0 Å². The predicted molar refractivity (Wildman–Crippen MR) is 64.1 cm³/mol. The number of carbonyl (C=O) groups excluding carboxylic acids is 1. The van der Waals surface area contributed by atoms with Crippen LogP contribution >= 0.6 is 0 Å². The Labute approximate surface area is 104 Å². The van der Waals surface area contributed by atoms with E-state index >= 15 is 0 Å². The van der Waals surface area contributed by atoms with Crippen LogP contribution in [0.25, 0.3) is 0 Å². The molecule has 6 heteroatoms. The smallest absolute Gasteiger partial charge is 0.246 e. The van der Waals surface area contributed by atoms with E-state index in [4.69, 9.17) is 14.9 Å². The maximum absolute atomic E-state index is 12.2. The fraction of sp³-hybridized carbons (Fsp3) is 0.333. The van der Waals surface area contributed by atoms with Gasteiger partial charge in [0.2, 0.25) is 5.78 Å². The first kappa shape index (κ1) is 12.5. The standard InChI is InChI=1S/C12H15N3O3/c1-17-7-6-15-10(4-5-14-15)12(16)11-3-2-9(8-13)18-11/h2-5H,6-8,13H2,1H3. The van der Waals surface area contributed by atoms with Gasteiger partial charge in [-0.2, -0.15) is 5.10 Å². The second-order valence-electron chi connectivity index (χ2n) is 3.73. The van der Waals surface area contributed by atoms with Gasteiger partial charge in [0.25, 0.3) is 0 Å². The first-order chi connectivity index (χ1) is 8.76. The van der Waals surface area contributed by atoms with Gasteiger partial charge in [-0.1, -0.05) is 0 Å². The molecule has 0 radical (unpaired) electrons. The van der Waals surface area contributed by atoms with Crippen molar-refractivity contribution in [3.8, 4) is 0 Å². The molecule has 0 fully saturated rings.